The Bertz CT molecular complexity index is 112. The van der Waals surface area contributed by atoms with Crippen LogP contribution >= 0.6 is 12.2 Å². The van der Waals surface area contributed by atoms with Crippen LogP contribution < -0.4 is 0 Å². The van der Waals surface area contributed by atoms with Crippen molar-refractivity contribution >= 4 is 17.1 Å². The van der Waals surface area contributed by atoms with Crippen molar-refractivity contribution in [2.24, 2.45) is 0 Å². The molecule has 0 bridgehead atoms. The zero-order valence-electron chi connectivity index (χ0n) is 5.69. The molecule has 0 aliphatic rings. The second-order valence-corrected chi connectivity index (χ2v) is 2.46. The van der Waals surface area contributed by atoms with Crippen LogP contribution in [0.5, 0.6) is 0 Å². The lowest BCUT2D eigenvalue weighted by molar-refractivity contribution is 1.20. The average Bonchev–Trinajstić information content (AvgIpc) is 1.67. The standard InChI is InChI=1S/C7H12S/c1-4-5-6(2)7(3)8/h5H,4H2,1-3H3/b6-5-. The largest absolute Gasteiger partial charge is 0.0850 e. The smallest absolute Gasteiger partial charge is 0.0147 e. The summed E-state index contributed by atoms with van der Waals surface area (Å²) in [5, 5.41) is 0. The Morgan fingerprint density at radius 3 is 2.12 bits per heavy atom. The van der Waals surface area contributed by atoms with Crippen molar-refractivity contribution < 1.29 is 0 Å². The van der Waals surface area contributed by atoms with E-state index in [0.717, 1.165) is 11.3 Å². The summed E-state index contributed by atoms with van der Waals surface area (Å²) >= 11 is 4.92. The molecular formula is C7H12S. The number of rotatable bonds is 2. The number of hydrogen-bond donors (Lipinski definition) is 0. The highest BCUT2D eigenvalue weighted by Crippen LogP contribution is 1.97. The van der Waals surface area contributed by atoms with Gasteiger partial charge in [-0.05, 0) is 25.8 Å². The second-order valence-electron chi connectivity index (χ2n) is 1.85. The van der Waals surface area contributed by atoms with E-state index in [2.05, 4.69) is 13.0 Å². The van der Waals surface area contributed by atoms with Gasteiger partial charge in [-0.2, -0.15) is 0 Å². The van der Waals surface area contributed by atoms with Crippen molar-refractivity contribution in [3.63, 3.8) is 0 Å². The summed E-state index contributed by atoms with van der Waals surface area (Å²) in [6, 6.07) is 0. The predicted molar refractivity (Wildman–Crippen MR) is 42.3 cm³/mol. The first-order valence-electron chi connectivity index (χ1n) is 2.86. The van der Waals surface area contributed by atoms with E-state index in [1.54, 1.807) is 0 Å². The molecule has 0 radical (unpaired) electrons. The van der Waals surface area contributed by atoms with Crippen molar-refractivity contribution in [3.05, 3.63) is 11.6 Å². The van der Waals surface area contributed by atoms with Gasteiger partial charge in [0.2, 0.25) is 0 Å². The molecule has 1 heteroatoms. The van der Waals surface area contributed by atoms with Crippen molar-refractivity contribution in [1.29, 1.82) is 0 Å². The molecule has 0 fully saturated rings. The summed E-state index contributed by atoms with van der Waals surface area (Å²) < 4.78 is 0. The first kappa shape index (κ1) is 7.83. The van der Waals surface area contributed by atoms with Gasteiger partial charge in [0, 0.05) is 4.86 Å². The van der Waals surface area contributed by atoms with Gasteiger partial charge in [-0.25, -0.2) is 0 Å². The van der Waals surface area contributed by atoms with Crippen LogP contribution in [0.25, 0.3) is 0 Å². The van der Waals surface area contributed by atoms with Crippen LogP contribution in [0.4, 0.5) is 0 Å². The van der Waals surface area contributed by atoms with E-state index in [9.17, 15) is 0 Å². The summed E-state index contributed by atoms with van der Waals surface area (Å²) in [5.74, 6) is 0. The zero-order valence-corrected chi connectivity index (χ0v) is 6.51. The Hall–Kier alpha value is -0.170. The summed E-state index contributed by atoms with van der Waals surface area (Å²) in [4.78, 5) is 1.01. The van der Waals surface area contributed by atoms with Crippen molar-refractivity contribution in [2.45, 2.75) is 27.2 Å². The molecule has 0 unspecified atom stereocenters. The highest BCUT2D eigenvalue weighted by Gasteiger charge is 1.86. The summed E-state index contributed by atoms with van der Waals surface area (Å²) in [7, 11) is 0. The van der Waals surface area contributed by atoms with E-state index in [-0.39, 0.29) is 0 Å². The Kier molecular flexibility index (Phi) is 3.71. The lowest BCUT2D eigenvalue weighted by atomic mass is 10.2. The van der Waals surface area contributed by atoms with Gasteiger partial charge in [0.1, 0.15) is 0 Å². The maximum absolute atomic E-state index is 4.92. The maximum atomic E-state index is 4.92. The molecule has 0 aromatic carbocycles. The van der Waals surface area contributed by atoms with Crippen LogP contribution in [0.2, 0.25) is 0 Å². The van der Waals surface area contributed by atoms with Crippen LogP contribution in [0.15, 0.2) is 11.6 Å². The molecule has 0 aromatic rings. The van der Waals surface area contributed by atoms with Crippen LogP contribution in [-0.4, -0.2) is 4.86 Å². The van der Waals surface area contributed by atoms with Gasteiger partial charge in [-0.1, -0.05) is 25.2 Å². The highest BCUT2D eigenvalue weighted by atomic mass is 32.1. The molecule has 0 aromatic heterocycles. The molecule has 0 atom stereocenters. The first-order valence-corrected chi connectivity index (χ1v) is 3.27. The molecule has 0 aliphatic carbocycles. The summed E-state index contributed by atoms with van der Waals surface area (Å²) in [6.07, 6.45) is 3.22. The summed E-state index contributed by atoms with van der Waals surface area (Å²) in [6.45, 7) is 6.12. The van der Waals surface area contributed by atoms with E-state index in [4.69, 9.17) is 12.2 Å². The van der Waals surface area contributed by atoms with Gasteiger partial charge < -0.3 is 0 Å². The fourth-order valence-corrected chi connectivity index (χ4v) is 0.533. The molecule has 0 saturated carbocycles. The Morgan fingerprint density at radius 1 is 1.50 bits per heavy atom. The summed E-state index contributed by atoms with van der Waals surface area (Å²) in [5.41, 5.74) is 1.24. The SMILES string of the molecule is CC/C=C(/C)C(C)=S. The quantitative estimate of drug-likeness (QED) is 0.407. The fourth-order valence-electron chi connectivity index (χ4n) is 0.450. The van der Waals surface area contributed by atoms with Crippen molar-refractivity contribution in [2.75, 3.05) is 0 Å². The van der Waals surface area contributed by atoms with Gasteiger partial charge in [0.25, 0.3) is 0 Å². The Balaban J connectivity index is 3.80. The second kappa shape index (κ2) is 3.79. The van der Waals surface area contributed by atoms with Gasteiger partial charge in [-0.15, -0.1) is 0 Å². The molecule has 8 heavy (non-hydrogen) atoms. The molecular weight excluding hydrogens is 116 g/mol. The number of hydrogen-bond acceptors (Lipinski definition) is 1. The maximum Gasteiger partial charge on any atom is 0.0147 e. The molecule has 0 rings (SSSR count). The van der Waals surface area contributed by atoms with E-state index < -0.39 is 0 Å². The van der Waals surface area contributed by atoms with Crippen molar-refractivity contribution in [1.82, 2.24) is 0 Å². The third kappa shape index (κ3) is 2.92. The molecule has 0 saturated heterocycles. The lowest BCUT2D eigenvalue weighted by Gasteiger charge is -1.92. The van der Waals surface area contributed by atoms with Gasteiger partial charge in [-0.3, -0.25) is 0 Å². The topological polar surface area (TPSA) is 0 Å². The van der Waals surface area contributed by atoms with E-state index in [0.29, 0.717) is 0 Å². The first-order chi connectivity index (χ1) is 3.68. The monoisotopic (exact) mass is 128 g/mol. The van der Waals surface area contributed by atoms with Gasteiger partial charge in [0.15, 0.2) is 0 Å². The Labute approximate surface area is 56.6 Å². The number of thiocarbonyl (C=S) groups is 1. The molecule has 0 spiro atoms. The zero-order chi connectivity index (χ0) is 6.57. The predicted octanol–water partition coefficient (Wildman–Crippen LogP) is 2.73. The van der Waals surface area contributed by atoms with Crippen LogP contribution in [0, 0.1) is 0 Å². The third-order valence-electron chi connectivity index (χ3n) is 1.07. The Morgan fingerprint density at radius 2 is 2.00 bits per heavy atom. The molecule has 46 valence electrons. The lowest BCUT2D eigenvalue weighted by Crippen LogP contribution is -1.85. The highest BCUT2D eigenvalue weighted by molar-refractivity contribution is 7.80. The minimum atomic E-state index is 1.01. The minimum Gasteiger partial charge on any atom is -0.0850 e. The fraction of sp³-hybridized carbons (Fsp3) is 0.571. The van der Waals surface area contributed by atoms with Gasteiger partial charge in [0.05, 0.1) is 0 Å². The van der Waals surface area contributed by atoms with Gasteiger partial charge >= 0.3 is 0 Å². The van der Waals surface area contributed by atoms with Crippen LogP contribution in [-0.2, 0) is 0 Å². The van der Waals surface area contributed by atoms with Crippen molar-refractivity contribution in [3.8, 4) is 0 Å². The molecule has 0 N–H and O–H groups in total. The minimum absolute atomic E-state index is 1.01. The molecule has 0 nitrogen and oxygen atoms in total. The van der Waals surface area contributed by atoms with E-state index >= 15 is 0 Å². The van der Waals surface area contributed by atoms with E-state index in [1.165, 1.54) is 5.57 Å². The van der Waals surface area contributed by atoms with Crippen LogP contribution in [0.1, 0.15) is 27.2 Å². The van der Waals surface area contributed by atoms with Crippen LogP contribution in [0.3, 0.4) is 0 Å². The number of allylic oxidation sites excluding steroid dienone is 2. The molecule has 0 aliphatic heterocycles. The third-order valence-corrected chi connectivity index (χ3v) is 1.39. The average molecular weight is 128 g/mol. The molecule has 0 amide bonds. The van der Waals surface area contributed by atoms with E-state index in [1.807, 2.05) is 13.8 Å². The normalized spacial score (nSPS) is 11.6. The molecule has 0 heterocycles.